The van der Waals surface area contributed by atoms with Crippen LogP contribution in [-0.2, 0) is 6.54 Å². The van der Waals surface area contributed by atoms with Gasteiger partial charge in [-0.05, 0) is 79.3 Å². The average Bonchev–Trinajstić information content (AvgIpc) is 3.44. The lowest BCUT2D eigenvalue weighted by atomic mass is 10.3. The second kappa shape index (κ2) is 6.40. The molecule has 0 unspecified atom stereocenters. The first-order valence-corrected chi connectivity index (χ1v) is 9.33. The van der Waals surface area contributed by atoms with E-state index in [4.69, 9.17) is 4.98 Å². The van der Waals surface area contributed by atoms with Crippen LogP contribution in [-0.4, -0.2) is 19.5 Å². The van der Waals surface area contributed by atoms with Gasteiger partial charge in [-0.15, -0.1) is 0 Å². The molecule has 2 aliphatic rings. The Morgan fingerprint density at radius 3 is 2.19 bits per heavy atom. The van der Waals surface area contributed by atoms with Gasteiger partial charge in [0.15, 0.2) is 0 Å². The van der Waals surface area contributed by atoms with Crippen molar-refractivity contribution in [3.8, 4) is 0 Å². The molecule has 5 rings (SSSR count). The largest absolute Gasteiger partial charge is 0.354 e. The van der Waals surface area contributed by atoms with Crippen molar-refractivity contribution < 1.29 is 0 Å². The zero-order chi connectivity index (χ0) is 18.2. The average molecular weight is 352 g/mol. The zero-order valence-electron chi connectivity index (χ0n) is 15.2. The second-order valence-corrected chi connectivity index (χ2v) is 6.80. The van der Waals surface area contributed by atoms with E-state index in [2.05, 4.69) is 63.9 Å². The maximum atomic E-state index is 4.71. The van der Waals surface area contributed by atoms with Gasteiger partial charge in [-0.25, -0.2) is 9.97 Å². The molecule has 0 atom stereocenters. The number of hydrogen-bond acceptors (Lipinski definition) is 2. The summed E-state index contributed by atoms with van der Waals surface area (Å²) >= 11 is 0. The van der Waals surface area contributed by atoms with Crippen molar-refractivity contribution in [2.75, 3.05) is 0 Å². The van der Waals surface area contributed by atoms with E-state index in [9.17, 15) is 0 Å². The van der Waals surface area contributed by atoms with Crippen LogP contribution in [0.25, 0.3) is 46.4 Å². The van der Waals surface area contributed by atoms with E-state index in [1.54, 1.807) is 0 Å². The van der Waals surface area contributed by atoms with Gasteiger partial charge in [0.2, 0.25) is 0 Å². The molecule has 132 valence electrons. The normalized spacial score (nSPS) is 12.6. The molecule has 3 aromatic rings. The predicted octanol–water partition coefficient (Wildman–Crippen LogP) is 5.54. The first-order chi connectivity index (χ1) is 13.3. The van der Waals surface area contributed by atoms with Crippen molar-refractivity contribution in [2.24, 2.45) is 0 Å². The molecule has 4 heteroatoms. The molecule has 1 N–H and O–H groups in total. The third kappa shape index (κ3) is 2.89. The highest BCUT2D eigenvalue weighted by molar-refractivity contribution is 5.82. The van der Waals surface area contributed by atoms with E-state index in [1.165, 1.54) is 11.0 Å². The van der Waals surface area contributed by atoms with Crippen molar-refractivity contribution in [1.82, 2.24) is 19.5 Å². The van der Waals surface area contributed by atoms with Crippen LogP contribution in [0.4, 0.5) is 0 Å². The number of hydrogen-bond donors (Lipinski definition) is 1. The van der Waals surface area contributed by atoms with E-state index in [-0.39, 0.29) is 0 Å². The van der Waals surface area contributed by atoms with Crippen molar-refractivity contribution in [1.29, 1.82) is 0 Å². The Morgan fingerprint density at radius 2 is 1.44 bits per heavy atom. The lowest BCUT2D eigenvalue weighted by molar-refractivity contribution is 0.724. The summed E-state index contributed by atoms with van der Waals surface area (Å²) < 4.78 is 2.36. The van der Waals surface area contributed by atoms with Gasteiger partial charge in [0.25, 0.3) is 0 Å². The minimum Gasteiger partial charge on any atom is -0.354 e. The van der Waals surface area contributed by atoms with Gasteiger partial charge in [-0.3, -0.25) is 0 Å². The van der Waals surface area contributed by atoms with Gasteiger partial charge < -0.3 is 9.55 Å². The van der Waals surface area contributed by atoms with E-state index in [1.807, 2.05) is 30.4 Å². The van der Waals surface area contributed by atoms with Crippen LogP contribution in [0.1, 0.15) is 36.1 Å². The number of aromatic amines is 1. The predicted molar refractivity (Wildman–Crippen MR) is 113 cm³/mol. The van der Waals surface area contributed by atoms with E-state index in [0.717, 1.165) is 46.8 Å². The van der Waals surface area contributed by atoms with Crippen LogP contribution in [0.15, 0.2) is 48.5 Å². The topological polar surface area (TPSA) is 46.5 Å². The number of nitrogens with one attached hydrogen (secondary N) is 1. The molecule has 0 saturated heterocycles. The summed E-state index contributed by atoms with van der Waals surface area (Å²) in [4.78, 5) is 12.9. The molecule has 0 spiro atoms. The smallest absolute Gasteiger partial charge is 0.0894 e. The van der Waals surface area contributed by atoms with Crippen molar-refractivity contribution >= 4 is 46.4 Å². The maximum Gasteiger partial charge on any atom is 0.0894 e. The van der Waals surface area contributed by atoms with Crippen LogP contribution >= 0.6 is 0 Å². The molecule has 4 nitrogen and oxygen atoms in total. The van der Waals surface area contributed by atoms with Crippen molar-refractivity contribution in [2.45, 2.75) is 19.9 Å². The van der Waals surface area contributed by atoms with Gasteiger partial charge in [0.05, 0.1) is 33.8 Å². The van der Waals surface area contributed by atoms with Crippen LogP contribution < -0.4 is 0 Å². The fourth-order valence-corrected chi connectivity index (χ4v) is 3.57. The van der Waals surface area contributed by atoms with Gasteiger partial charge in [0.1, 0.15) is 0 Å². The number of fused-ring (bicyclic) bond motifs is 10. The van der Waals surface area contributed by atoms with Gasteiger partial charge >= 0.3 is 0 Å². The lowest BCUT2D eigenvalue weighted by Gasteiger charge is -2.04. The fraction of sp³-hybridized carbons (Fsp3) is 0.130. The van der Waals surface area contributed by atoms with Crippen molar-refractivity contribution in [3.05, 3.63) is 71.3 Å². The Kier molecular flexibility index (Phi) is 3.75. The molecule has 0 radical (unpaired) electrons. The standard InChI is InChI=1S/C23H20N4/c1-2-15-27-19-9-5-18-7-12-21(25-18)20-11-6-16(24-20)3-4-17-8-13-22(26-17)23(27)14-10-19/h3-14,26H,2,15H2,1H3. The minimum absolute atomic E-state index is 0.908. The third-order valence-electron chi connectivity index (χ3n) is 4.89. The summed E-state index contributed by atoms with van der Waals surface area (Å²) in [6.07, 6.45) is 9.20. The number of H-pyrrole nitrogens is 1. The maximum absolute atomic E-state index is 4.71. The van der Waals surface area contributed by atoms with E-state index >= 15 is 0 Å². The fourth-order valence-electron chi connectivity index (χ4n) is 3.57. The summed E-state index contributed by atoms with van der Waals surface area (Å²) in [5.41, 5.74) is 8.28. The molecule has 3 aromatic heterocycles. The Hall–Kier alpha value is -3.40. The first kappa shape index (κ1) is 15.8. The Bertz CT molecular complexity index is 1240. The Morgan fingerprint density at radius 1 is 0.778 bits per heavy atom. The van der Waals surface area contributed by atoms with Crippen LogP contribution in [0.2, 0.25) is 0 Å². The monoisotopic (exact) mass is 352 g/mol. The van der Waals surface area contributed by atoms with Crippen LogP contribution in [0.5, 0.6) is 0 Å². The van der Waals surface area contributed by atoms with Crippen LogP contribution in [0, 0.1) is 0 Å². The quantitative estimate of drug-likeness (QED) is 0.453. The SMILES string of the molecule is CCCn1c2ccc3nc(c4nc(ccc5ccc([nH]5)c1cc2)C=C4)C=C3. The lowest BCUT2D eigenvalue weighted by Crippen LogP contribution is -1.95. The summed E-state index contributed by atoms with van der Waals surface area (Å²) in [7, 11) is 0. The first-order valence-electron chi connectivity index (χ1n) is 9.33. The molecule has 5 heterocycles. The van der Waals surface area contributed by atoms with Crippen molar-refractivity contribution in [3.63, 3.8) is 0 Å². The molecule has 0 aliphatic carbocycles. The van der Waals surface area contributed by atoms with E-state index in [0.29, 0.717) is 0 Å². The molecule has 0 saturated carbocycles. The molecule has 0 aromatic carbocycles. The number of rotatable bonds is 2. The van der Waals surface area contributed by atoms with Gasteiger partial charge in [0, 0.05) is 17.6 Å². The Labute approximate surface area is 157 Å². The summed E-state index contributed by atoms with van der Waals surface area (Å²) in [6.45, 7) is 3.18. The second-order valence-electron chi connectivity index (χ2n) is 6.80. The highest BCUT2D eigenvalue weighted by Gasteiger charge is 2.07. The molecular formula is C23H20N4. The highest BCUT2D eigenvalue weighted by atomic mass is 15.0. The van der Waals surface area contributed by atoms with Gasteiger partial charge in [-0.1, -0.05) is 6.92 Å². The molecule has 0 amide bonds. The zero-order valence-corrected chi connectivity index (χ0v) is 15.2. The molecule has 0 fully saturated rings. The highest BCUT2D eigenvalue weighted by Crippen LogP contribution is 2.21. The molecule has 27 heavy (non-hydrogen) atoms. The Balaban J connectivity index is 1.86. The number of nitrogens with zero attached hydrogens (tertiary/aromatic N) is 3. The number of aromatic nitrogens is 4. The third-order valence-corrected chi connectivity index (χ3v) is 4.89. The summed E-state index contributed by atoms with van der Waals surface area (Å²) in [5.74, 6) is 0. The van der Waals surface area contributed by atoms with Gasteiger partial charge in [-0.2, -0.15) is 0 Å². The molecule has 8 bridgehead atoms. The molecular weight excluding hydrogens is 332 g/mol. The van der Waals surface area contributed by atoms with E-state index < -0.39 is 0 Å². The minimum atomic E-state index is 0.908. The number of aryl methyl sites for hydroxylation is 1. The summed E-state index contributed by atoms with van der Waals surface area (Å²) in [6, 6.07) is 16.9. The molecule has 2 aliphatic heterocycles. The summed E-state index contributed by atoms with van der Waals surface area (Å²) in [5, 5.41) is 0. The van der Waals surface area contributed by atoms with Crippen LogP contribution in [0.3, 0.4) is 0 Å².